The number of aryl methyl sites for hydroxylation is 2. The molecule has 0 saturated carbocycles. The summed E-state index contributed by atoms with van der Waals surface area (Å²) in [6.07, 6.45) is 6.70. The Bertz CT molecular complexity index is 203. The monoisotopic (exact) mass is 149 g/mol. The second-order valence-corrected chi connectivity index (χ2v) is 2.61. The Labute approximate surface area is 67.7 Å². The molecular weight excluding hydrogens is 136 g/mol. The van der Waals surface area contributed by atoms with E-state index >= 15 is 0 Å². The van der Waals surface area contributed by atoms with Crippen LogP contribution in [0.1, 0.15) is 24.2 Å². The van der Waals surface area contributed by atoms with E-state index < -0.39 is 0 Å². The zero-order chi connectivity index (χ0) is 8.10. The van der Waals surface area contributed by atoms with Crippen molar-refractivity contribution in [2.75, 3.05) is 0 Å². The number of hydrogen-bond donors (Lipinski definition) is 0. The molecular formula is C9H13N2. The van der Waals surface area contributed by atoms with Gasteiger partial charge in [-0.2, -0.15) is 0 Å². The lowest BCUT2D eigenvalue weighted by Crippen LogP contribution is -1.92. The van der Waals surface area contributed by atoms with Gasteiger partial charge >= 0.3 is 0 Å². The largest absolute Gasteiger partial charge is 0.258 e. The fraction of sp³-hybridized carbons (Fsp3) is 0.444. The van der Waals surface area contributed by atoms with Gasteiger partial charge in [0.25, 0.3) is 0 Å². The minimum Gasteiger partial charge on any atom is -0.258 e. The van der Waals surface area contributed by atoms with E-state index in [0.29, 0.717) is 0 Å². The molecule has 0 unspecified atom stereocenters. The molecule has 0 amide bonds. The van der Waals surface area contributed by atoms with Crippen LogP contribution >= 0.6 is 0 Å². The Balaban J connectivity index is 2.52. The molecule has 0 N–H and O–H groups in total. The molecule has 0 atom stereocenters. The summed E-state index contributed by atoms with van der Waals surface area (Å²) >= 11 is 0. The van der Waals surface area contributed by atoms with Gasteiger partial charge in [0.15, 0.2) is 0 Å². The molecule has 0 bridgehead atoms. The topological polar surface area (TPSA) is 25.8 Å². The van der Waals surface area contributed by atoms with Gasteiger partial charge in [0.2, 0.25) is 0 Å². The van der Waals surface area contributed by atoms with Gasteiger partial charge < -0.3 is 0 Å². The van der Waals surface area contributed by atoms with Crippen molar-refractivity contribution in [1.82, 2.24) is 9.97 Å². The van der Waals surface area contributed by atoms with Crippen molar-refractivity contribution in [3.05, 3.63) is 30.7 Å². The van der Waals surface area contributed by atoms with Crippen LogP contribution in [0.5, 0.6) is 0 Å². The molecule has 11 heavy (non-hydrogen) atoms. The van der Waals surface area contributed by atoms with Crippen molar-refractivity contribution >= 4 is 0 Å². The number of unbranched alkanes of at least 4 members (excludes halogenated alkanes) is 1. The smallest absolute Gasteiger partial charge is 0.0586 e. The first-order valence-corrected chi connectivity index (χ1v) is 3.89. The number of nitrogens with zero attached hydrogens (tertiary/aromatic N) is 2. The Morgan fingerprint density at radius 1 is 1.36 bits per heavy atom. The highest BCUT2D eigenvalue weighted by atomic mass is 14.8. The average molecular weight is 149 g/mol. The third kappa shape index (κ3) is 2.66. The molecule has 1 rings (SSSR count). The maximum Gasteiger partial charge on any atom is 0.0586 e. The Morgan fingerprint density at radius 2 is 2.18 bits per heavy atom. The predicted octanol–water partition coefficient (Wildman–Crippen LogP) is 1.94. The molecule has 0 fully saturated rings. The van der Waals surface area contributed by atoms with Gasteiger partial charge in [-0.25, -0.2) is 0 Å². The Kier molecular flexibility index (Phi) is 3.02. The highest BCUT2D eigenvalue weighted by Crippen LogP contribution is 1.99. The third-order valence-corrected chi connectivity index (χ3v) is 1.52. The summed E-state index contributed by atoms with van der Waals surface area (Å²) in [5, 5.41) is 0. The second kappa shape index (κ2) is 4.06. The van der Waals surface area contributed by atoms with Crippen LogP contribution < -0.4 is 0 Å². The molecule has 0 spiro atoms. The van der Waals surface area contributed by atoms with Crippen LogP contribution in [0, 0.1) is 13.8 Å². The molecule has 2 heteroatoms. The highest BCUT2D eigenvalue weighted by molar-refractivity contribution is 5.00. The standard InChI is InChI=1S/C9H13N2/c1-3-4-5-9-7-10-8(2)6-11-9/h6-7H,1,3-5H2,2H3. The predicted molar refractivity (Wildman–Crippen MR) is 45.1 cm³/mol. The van der Waals surface area contributed by atoms with E-state index in [9.17, 15) is 0 Å². The normalized spacial score (nSPS) is 10.0. The minimum absolute atomic E-state index is 0.968. The van der Waals surface area contributed by atoms with Crippen LogP contribution in [0.15, 0.2) is 12.4 Å². The lowest BCUT2D eigenvalue weighted by atomic mass is 10.2. The van der Waals surface area contributed by atoms with Gasteiger partial charge in [0.1, 0.15) is 0 Å². The number of rotatable bonds is 3. The fourth-order valence-electron chi connectivity index (χ4n) is 0.855. The molecule has 1 aromatic heterocycles. The van der Waals surface area contributed by atoms with Crippen molar-refractivity contribution in [1.29, 1.82) is 0 Å². The second-order valence-electron chi connectivity index (χ2n) is 2.61. The van der Waals surface area contributed by atoms with Gasteiger partial charge in [-0.1, -0.05) is 13.3 Å². The van der Waals surface area contributed by atoms with Crippen molar-refractivity contribution in [2.24, 2.45) is 0 Å². The minimum atomic E-state index is 0.968. The first-order valence-electron chi connectivity index (χ1n) is 3.89. The maximum atomic E-state index is 4.23. The SMILES string of the molecule is [CH2]CCCc1cnc(C)cn1. The fourth-order valence-corrected chi connectivity index (χ4v) is 0.855. The quantitative estimate of drug-likeness (QED) is 0.656. The van der Waals surface area contributed by atoms with Gasteiger partial charge in [-0.15, -0.1) is 0 Å². The molecule has 0 aliphatic heterocycles. The summed E-state index contributed by atoms with van der Waals surface area (Å²) in [4.78, 5) is 8.37. The Hall–Kier alpha value is -0.920. The summed E-state index contributed by atoms with van der Waals surface area (Å²) in [5.74, 6) is 0. The summed E-state index contributed by atoms with van der Waals surface area (Å²) < 4.78 is 0. The third-order valence-electron chi connectivity index (χ3n) is 1.52. The van der Waals surface area contributed by atoms with Crippen LogP contribution in [0.4, 0.5) is 0 Å². The van der Waals surface area contributed by atoms with E-state index in [4.69, 9.17) is 0 Å². The van der Waals surface area contributed by atoms with Gasteiger partial charge in [-0.3, -0.25) is 9.97 Å². The first kappa shape index (κ1) is 8.18. The van der Waals surface area contributed by atoms with E-state index in [2.05, 4.69) is 16.9 Å². The molecule has 0 aliphatic rings. The highest BCUT2D eigenvalue weighted by Gasteiger charge is 1.92. The molecule has 0 aromatic carbocycles. The zero-order valence-corrected chi connectivity index (χ0v) is 6.88. The van der Waals surface area contributed by atoms with Crippen molar-refractivity contribution in [2.45, 2.75) is 26.2 Å². The maximum absolute atomic E-state index is 4.23. The van der Waals surface area contributed by atoms with E-state index in [1.807, 2.05) is 13.1 Å². The first-order chi connectivity index (χ1) is 5.33. The van der Waals surface area contributed by atoms with E-state index in [-0.39, 0.29) is 0 Å². The van der Waals surface area contributed by atoms with Crippen LogP contribution in [-0.2, 0) is 6.42 Å². The molecule has 59 valence electrons. The van der Waals surface area contributed by atoms with Crippen LogP contribution in [0.3, 0.4) is 0 Å². The van der Waals surface area contributed by atoms with Gasteiger partial charge in [-0.05, 0) is 19.8 Å². The molecule has 0 saturated heterocycles. The van der Waals surface area contributed by atoms with E-state index in [1.54, 1.807) is 6.20 Å². The van der Waals surface area contributed by atoms with Gasteiger partial charge in [0, 0.05) is 12.4 Å². The Morgan fingerprint density at radius 3 is 2.73 bits per heavy atom. The molecule has 1 aromatic rings. The summed E-state index contributed by atoms with van der Waals surface area (Å²) in [6, 6.07) is 0. The van der Waals surface area contributed by atoms with Crippen molar-refractivity contribution in [3.8, 4) is 0 Å². The lowest BCUT2D eigenvalue weighted by Gasteiger charge is -1.97. The summed E-state index contributed by atoms with van der Waals surface area (Å²) in [7, 11) is 0. The molecule has 1 radical (unpaired) electrons. The number of hydrogen-bond acceptors (Lipinski definition) is 2. The molecule has 0 aliphatic carbocycles. The number of aromatic nitrogens is 2. The van der Waals surface area contributed by atoms with Crippen LogP contribution in [0.2, 0.25) is 0 Å². The summed E-state index contributed by atoms with van der Waals surface area (Å²) in [5.41, 5.74) is 2.04. The van der Waals surface area contributed by atoms with Crippen molar-refractivity contribution in [3.63, 3.8) is 0 Å². The lowest BCUT2D eigenvalue weighted by molar-refractivity contribution is 0.806. The van der Waals surface area contributed by atoms with Crippen molar-refractivity contribution < 1.29 is 0 Å². The van der Waals surface area contributed by atoms with Crippen LogP contribution in [0.25, 0.3) is 0 Å². The van der Waals surface area contributed by atoms with Crippen LogP contribution in [-0.4, -0.2) is 9.97 Å². The summed E-state index contributed by atoms with van der Waals surface area (Å²) in [6.45, 7) is 5.71. The molecule has 1 heterocycles. The van der Waals surface area contributed by atoms with E-state index in [1.165, 1.54) is 0 Å². The van der Waals surface area contributed by atoms with Gasteiger partial charge in [0.05, 0.1) is 11.4 Å². The average Bonchev–Trinajstić information content (AvgIpc) is 2.04. The van der Waals surface area contributed by atoms with E-state index in [0.717, 1.165) is 30.7 Å². The molecule has 2 nitrogen and oxygen atoms in total. The zero-order valence-electron chi connectivity index (χ0n) is 6.88.